The number of aliphatic hydroxyl groups is 1. The smallest absolute Gasteiger partial charge is 0.168 e. The topological polar surface area (TPSA) is 37.3 Å². The van der Waals surface area contributed by atoms with Crippen molar-refractivity contribution < 1.29 is 9.90 Å². The lowest BCUT2D eigenvalue weighted by Crippen LogP contribution is -2.44. The molecule has 1 saturated carbocycles. The van der Waals surface area contributed by atoms with Gasteiger partial charge in [-0.15, -0.1) is 0 Å². The maximum absolute atomic E-state index is 11.7. The molecule has 12 heavy (non-hydrogen) atoms. The summed E-state index contributed by atoms with van der Waals surface area (Å²) in [5.41, 5.74) is -1.00. The van der Waals surface area contributed by atoms with E-state index in [0.29, 0.717) is 12.8 Å². The second kappa shape index (κ2) is 2.70. The van der Waals surface area contributed by atoms with Crippen molar-refractivity contribution in [2.45, 2.75) is 37.7 Å². The average Bonchev–Trinajstić information content (AvgIpc) is 2.18. The molecule has 0 aromatic rings. The maximum Gasteiger partial charge on any atom is 0.168 e. The minimum absolute atomic E-state index is 0.0822. The molecular formula is C10H14O2. The minimum Gasteiger partial charge on any atom is -0.382 e. The van der Waals surface area contributed by atoms with Gasteiger partial charge in [0, 0.05) is 12.3 Å². The van der Waals surface area contributed by atoms with Crippen LogP contribution >= 0.6 is 0 Å². The van der Waals surface area contributed by atoms with E-state index in [4.69, 9.17) is 0 Å². The second-order valence-corrected chi connectivity index (χ2v) is 3.90. The lowest BCUT2D eigenvalue weighted by atomic mass is 9.76. The maximum atomic E-state index is 11.7. The third kappa shape index (κ3) is 1.11. The van der Waals surface area contributed by atoms with E-state index in [9.17, 15) is 9.90 Å². The van der Waals surface area contributed by atoms with Crippen molar-refractivity contribution in [3.63, 3.8) is 0 Å². The standard InChI is InChI=1S/C10H14O2/c11-9-8-4-1-2-6-10(9,12)7-3-5-8/h1-2,8,12H,3-7H2/t8-,10-/m0/s1. The first-order chi connectivity index (χ1) is 5.72. The van der Waals surface area contributed by atoms with Crippen LogP contribution in [0.4, 0.5) is 0 Å². The molecule has 0 radical (unpaired) electrons. The summed E-state index contributed by atoms with van der Waals surface area (Å²) in [7, 11) is 0. The van der Waals surface area contributed by atoms with Gasteiger partial charge >= 0.3 is 0 Å². The van der Waals surface area contributed by atoms with Crippen LogP contribution < -0.4 is 0 Å². The van der Waals surface area contributed by atoms with E-state index in [1.165, 1.54) is 0 Å². The van der Waals surface area contributed by atoms with Crippen LogP contribution in [-0.2, 0) is 4.79 Å². The molecule has 1 N–H and O–H groups in total. The summed E-state index contributed by atoms with van der Waals surface area (Å²) < 4.78 is 0. The highest BCUT2D eigenvalue weighted by Crippen LogP contribution is 2.35. The Morgan fingerprint density at radius 1 is 1.50 bits per heavy atom. The van der Waals surface area contributed by atoms with Crippen LogP contribution in [0.5, 0.6) is 0 Å². The van der Waals surface area contributed by atoms with Gasteiger partial charge in [-0.3, -0.25) is 4.79 Å². The minimum atomic E-state index is -1.00. The zero-order valence-electron chi connectivity index (χ0n) is 7.12. The molecular weight excluding hydrogens is 152 g/mol. The number of ketones is 1. The Morgan fingerprint density at radius 3 is 3.17 bits per heavy atom. The van der Waals surface area contributed by atoms with Gasteiger partial charge in [-0.1, -0.05) is 12.2 Å². The van der Waals surface area contributed by atoms with E-state index in [0.717, 1.165) is 19.3 Å². The summed E-state index contributed by atoms with van der Waals surface area (Å²) in [6.07, 6.45) is 7.96. The van der Waals surface area contributed by atoms with Crippen LogP contribution in [0.25, 0.3) is 0 Å². The molecule has 66 valence electrons. The number of Topliss-reactive ketones (excluding diaryl/α,β-unsaturated/α-hetero) is 1. The predicted octanol–water partition coefficient (Wildman–Crippen LogP) is 1.44. The lowest BCUT2D eigenvalue weighted by Gasteiger charge is -2.32. The SMILES string of the molecule is O=C1[C@H]2CC=CC[C@]1(O)CCC2. The quantitative estimate of drug-likeness (QED) is 0.553. The molecule has 0 heterocycles. The van der Waals surface area contributed by atoms with Crippen molar-refractivity contribution >= 4 is 5.78 Å². The third-order valence-electron chi connectivity index (χ3n) is 3.02. The van der Waals surface area contributed by atoms with Gasteiger partial charge in [0.2, 0.25) is 0 Å². The molecule has 2 bridgehead atoms. The lowest BCUT2D eigenvalue weighted by molar-refractivity contribution is -0.145. The number of carbonyl (C=O) groups is 1. The fourth-order valence-corrected chi connectivity index (χ4v) is 2.24. The van der Waals surface area contributed by atoms with Crippen LogP contribution in [0.15, 0.2) is 12.2 Å². The first kappa shape index (κ1) is 7.99. The highest BCUT2D eigenvalue weighted by molar-refractivity contribution is 5.90. The van der Waals surface area contributed by atoms with Crippen molar-refractivity contribution in [1.82, 2.24) is 0 Å². The molecule has 0 spiro atoms. The van der Waals surface area contributed by atoms with Gasteiger partial charge < -0.3 is 5.11 Å². The van der Waals surface area contributed by atoms with E-state index >= 15 is 0 Å². The van der Waals surface area contributed by atoms with Crippen molar-refractivity contribution in [3.05, 3.63) is 12.2 Å². The van der Waals surface area contributed by atoms with E-state index in [1.54, 1.807) is 0 Å². The fourth-order valence-electron chi connectivity index (χ4n) is 2.24. The van der Waals surface area contributed by atoms with Gasteiger partial charge in [-0.25, -0.2) is 0 Å². The summed E-state index contributed by atoms with van der Waals surface area (Å²) >= 11 is 0. The van der Waals surface area contributed by atoms with Gasteiger partial charge in [-0.2, -0.15) is 0 Å². The van der Waals surface area contributed by atoms with Crippen molar-refractivity contribution in [2.24, 2.45) is 5.92 Å². The molecule has 2 rings (SSSR count). The van der Waals surface area contributed by atoms with Crippen LogP contribution in [0, 0.1) is 5.92 Å². The highest BCUT2D eigenvalue weighted by Gasteiger charge is 2.42. The molecule has 2 aliphatic rings. The zero-order chi connectivity index (χ0) is 8.60. The average molecular weight is 166 g/mol. The van der Waals surface area contributed by atoms with Gasteiger partial charge in [-0.05, 0) is 25.7 Å². The summed E-state index contributed by atoms with van der Waals surface area (Å²) in [5, 5.41) is 9.95. The summed E-state index contributed by atoms with van der Waals surface area (Å²) in [6, 6.07) is 0. The zero-order valence-corrected chi connectivity index (χ0v) is 7.12. The molecule has 1 fully saturated rings. The normalized spacial score (nSPS) is 41.1. The van der Waals surface area contributed by atoms with Crippen LogP contribution in [0.2, 0.25) is 0 Å². The highest BCUT2D eigenvalue weighted by atomic mass is 16.3. The number of hydrogen-bond acceptors (Lipinski definition) is 2. The van der Waals surface area contributed by atoms with Crippen molar-refractivity contribution in [1.29, 1.82) is 0 Å². The first-order valence-electron chi connectivity index (χ1n) is 4.64. The molecule has 0 amide bonds. The Kier molecular flexibility index (Phi) is 1.80. The Morgan fingerprint density at radius 2 is 2.33 bits per heavy atom. The second-order valence-electron chi connectivity index (χ2n) is 3.90. The molecule has 0 aromatic heterocycles. The number of carbonyl (C=O) groups excluding carboxylic acids is 1. The Balaban J connectivity index is 2.30. The summed E-state index contributed by atoms with van der Waals surface area (Å²) in [5.74, 6) is 0.182. The molecule has 2 aliphatic carbocycles. The summed E-state index contributed by atoms with van der Waals surface area (Å²) in [4.78, 5) is 11.7. The van der Waals surface area contributed by atoms with Gasteiger partial charge in [0.1, 0.15) is 5.60 Å². The number of fused-ring (bicyclic) bond motifs is 2. The predicted molar refractivity (Wildman–Crippen MR) is 45.7 cm³/mol. The first-order valence-corrected chi connectivity index (χ1v) is 4.64. The fraction of sp³-hybridized carbons (Fsp3) is 0.700. The molecule has 0 aliphatic heterocycles. The largest absolute Gasteiger partial charge is 0.382 e. The molecule has 0 unspecified atom stereocenters. The molecule has 2 heteroatoms. The molecule has 0 saturated heterocycles. The Labute approximate surface area is 72.3 Å². The number of allylic oxidation sites excluding steroid dienone is 1. The monoisotopic (exact) mass is 166 g/mol. The van der Waals surface area contributed by atoms with Gasteiger partial charge in [0.05, 0.1) is 0 Å². The van der Waals surface area contributed by atoms with Crippen molar-refractivity contribution in [2.75, 3.05) is 0 Å². The van der Waals surface area contributed by atoms with E-state index in [-0.39, 0.29) is 11.7 Å². The van der Waals surface area contributed by atoms with Gasteiger partial charge in [0.25, 0.3) is 0 Å². The Bertz CT molecular complexity index is 232. The molecule has 2 nitrogen and oxygen atoms in total. The van der Waals surface area contributed by atoms with Crippen LogP contribution in [0.1, 0.15) is 32.1 Å². The van der Waals surface area contributed by atoms with Gasteiger partial charge in [0.15, 0.2) is 5.78 Å². The van der Waals surface area contributed by atoms with E-state index in [2.05, 4.69) is 0 Å². The molecule has 2 atom stereocenters. The van der Waals surface area contributed by atoms with Crippen LogP contribution in [0.3, 0.4) is 0 Å². The van der Waals surface area contributed by atoms with Crippen LogP contribution in [-0.4, -0.2) is 16.5 Å². The molecule has 0 aromatic carbocycles. The number of hydrogen-bond donors (Lipinski definition) is 1. The number of rotatable bonds is 0. The third-order valence-corrected chi connectivity index (χ3v) is 3.02. The van der Waals surface area contributed by atoms with E-state index < -0.39 is 5.60 Å². The Hall–Kier alpha value is -0.630. The summed E-state index contributed by atoms with van der Waals surface area (Å²) in [6.45, 7) is 0. The van der Waals surface area contributed by atoms with E-state index in [1.807, 2.05) is 12.2 Å². The van der Waals surface area contributed by atoms with Crippen molar-refractivity contribution in [3.8, 4) is 0 Å².